The molecule has 3 N–H and O–H groups in total. The number of carboxylic acid groups (broad SMARTS) is 1. The lowest BCUT2D eigenvalue weighted by Crippen LogP contribution is -2.20. The smallest absolute Gasteiger partial charge is 0.326 e. The standard InChI is InChI=1S/C14H16N2O2S/c1-8-3-4-10(5-9(8)2)6-12-16-11(7-19-12)13(15)14(17)18/h3-5,7,13H,6,15H2,1-2H3,(H,17,18). The van der Waals surface area contributed by atoms with E-state index in [0.717, 1.165) is 5.01 Å². The summed E-state index contributed by atoms with van der Waals surface area (Å²) >= 11 is 1.45. The molecule has 0 saturated heterocycles. The predicted molar refractivity (Wildman–Crippen MR) is 75.4 cm³/mol. The molecule has 1 aromatic carbocycles. The number of hydrogen-bond acceptors (Lipinski definition) is 4. The Morgan fingerprint density at radius 1 is 1.42 bits per heavy atom. The van der Waals surface area contributed by atoms with Gasteiger partial charge in [-0.2, -0.15) is 0 Å². The molecule has 2 aromatic rings. The first-order valence-electron chi connectivity index (χ1n) is 5.96. The Balaban J connectivity index is 2.15. The Morgan fingerprint density at radius 2 is 2.16 bits per heavy atom. The number of hydrogen-bond donors (Lipinski definition) is 2. The summed E-state index contributed by atoms with van der Waals surface area (Å²) in [6.45, 7) is 4.15. The molecule has 1 aromatic heterocycles. The van der Waals surface area contributed by atoms with E-state index >= 15 is 0 Å². The van der Waals surface area contributed by atoms with Crippen LogP contribution in [0.15, 0.2) is 23.6 Å². The third-order valence-electron chi connectivity index (χ3n) is 3.08. The molecule has 0 saturated carbocycles. The maximum Gasteiger partial charge on any atom is 0.326 e. The van der Waals surface area contributed by atoms with Gasteiger partial charge in [-0.3, -0.25) is 4.79 Å². The van der Waals surface area contributed by atoms with Crippen LogP contribution < -0.4 is 5.73 Å². The van der Waals surface area contributed by atoms with Crippen molar-refractivity contribution in [2.45, 2.75) is 26.3 Å². The van der Waals surface area contributed by atoms with Crippen molar-refractivity contribution in [2.75, 3.05) is 0 Å². The molecule has 0 aliphatic carbocycles. The van der Waals surface area contributed by atoms with Crippen LogP contribution in [0.1, 0.15) is 33.4 Å². The summed E-state index contributed by atoms with van der Waals surface area (Å²) in [7, 11) is 0. The average Bonchev–Trinajstić information content (AvgIpc) is 2.81. The SMILES string of the molecule is Cc1ccc(Cc2nc(C(N)C(=O)O)cs2)cc1C. The molecule has 1 heterocycles. The first-order chi connectivity index (χ1) is 8.97. The molecule has 0 aliphatic heterocycles. The predicted octanol–water partition coefficient (Wildman–Crippen LogP) is 2.44. The van der Waals surface area contributed by atoms with Gasteiger partial charge in [0.25, 0.3) is 0 Å². The van der Waals surface area contributed by atoms with Crippen LogP contribution in [-0.4, -0.2) is 16.1 Å². The molecule has 0 spiro atoms. The largest absolute Gasteiger partial charge is 0.480 e. The fourth-order valence-corrected chi connectivity index (χ4v) is 2.63. The molecule has 0 aliphatic rings. The monoisotopic (exact) mass is 276 g/mol. The zero-order valence-electron chi connectivity index (χ0n) is 10.9. The normalized spacial score (nSPS) is 12.4. The number of benzene rings is 1. The van der Waals surface area contributed by atoms with Gasteiger partial charge in [-0.15, -0.1) is 11.3 Å². The Morgan fingerprint density at radius 3 is 2.79 bits per heavy atom. The summed E-state index contributed by atoms with van der Waals surface area (Å²) in [5.41, 5.74) is 9.64. The van der Waals surface area contributed by atoms with Gasteiger partial charge in [0.15, 0.2) is 0 Å². The molecule has 5 heteroatoms. The van der Waals surface area contributed by atoms with Gasteiger partial charge in [0, 0.05) is 11.8 Å². The van der Waals surface area contributed by atoms with Gasteiger partial charge in [0.05, 0.1) is 10.7 Å². The summed E-state index contributed by atoms with van der Waals surface area (Å²) in [4.78, 5) is 15.1. The van der Waals surface area contributed by atoms with E-state index in [9.17, 15) is 4.79 Å². The van der Waals surface area contributed by atoms with Crippen LogP contribution in [0.25, 0.3) is 0 Å². The highest BCUT2D eigenvalue weighted by atomic mass is 32.1. The summed E-state index contributed by atoms with van der Waals surface area (Å²) in [6, 6.07) is 5.25. The molecule has 4 nitrogen and oxygen atoms in total. The molecular formula is C14H16N2O2S. The number of thiazole rings is 1. The van der Waals surface area contributed by atoms with Gasteiger partial charge in [-0.25, -0.2) is 4.98 Å². The maximum atomic E-state index is 10.8. The second-order valence-electron chi connectivity index (χ2n) is 4.58. The van der Waals surface area contributed by atoms with Crippen LogP contribution in [0, 0.1) is 13.8 Å². The number of carboxylic acids is 1. The Hall–Kier alpha value is -1.72. The van der Waals surface area contributed by atoms with Gasteiger partial charge < -0.3 is 10.8 Å². The van der Waals surface area contributed by atoms with E-state index in [1.54, 1.807) is 5.38 Å². The molecule has 100 valence electrons. The molecule has 0 bridgehead atoms. The number of aromatic nitrogens is 1. The fraction of sp³-hybridized carbons (Fsp3) is 0.286. The topological polar surface area (TPSA) is 76.2 Å². The molecule has 0 amide bonds. The Labute approximate surface area is 115 Å². The van der Waals surface area contributed by atoms with Crippen LogP contribution in [0.2, 0.25) is 0 Å². The van der Waals surface area contributed by atoms with E-state index in [1.807, 2.05) is 0 Å². The second-order valence-corrected chi connectivity index (χ2v) is 5.52. The summed E-state index contributed by atoms with van der Waals surface area (Å²) < 4.78 is 0. The Kier molecular flexibility index (Phi) is 3.97. The van der Waals surface area contributed by atoms with Crippen molar-refractivity contribution in [1.29, 1.82) is 0 Å². The summed E-state index contributed by atoms with van der Waals surface area (Å²) in [6.07, 6.45) is 0.706. The van der Waals surface area contributed by atoms with E-state index in [-0.39, 0.29) is 0 Å². The highest BCUT2D eigenvalue weighted by molar-refractivity contribution is 7.09. The number of rotatable bonds is 4. The summed E-state index contributed by atoms with van der Waals surface area (Å²) in [5.74, 6) is -1.05. The molecule has 19 heavy (non-hydrogen) atoms. The van der Waals surface area contributed by atoms with Crippen LogP contribution >= 0.6 is 11.3 Å². The van der Waals surface area contributed by atoms with Crippen molar-refractivity contribution >= 4 is 17.3 Å². The van der Waals surface area contributed by atoms with E-state index < -0.39 is 12.0 Å². The highest BCUT2D eigenvalue weighted by Crippen LogP contribution is 2.19. The van der Waals surface area contributed by atoms with Crippen molar-refractivity contribution in [3.8, 4) is 0 Å². The van der Waals surface area contributed by atoms with Crippen molar-refractivity contribution in [1.82, 2.24) is 4.98 Å². The lowest BCUT2D eigenvalue weighted by molar-refractivity contribution is -0.138. The second kappa shape index (κ2) is 5.50. The molecule has 2 rings (SSSR count). The van der Waals surface area contributed by atoms with E-state index in [0.29, 0.717) is 12.1 Å². The minimum atomic E-state index is -1.05. The zero-order chi connectivity index (χ0) is 14.0. The minimum Gasteiger partial charge on any atom is -0.480 e. The zero-order valence-corrected chi connectivity index (χ0v) is 11.7. The highest BCUT2D eigenvalue weighted by Gasteiger charge is 2.17. The van der Waals surface area contributed by atoms with Gasteiger partial charge in [-0.1, -0.05) is 18.2 Å². The summed E-state index contributed by atoms with van der Waals surface area (Å²) in [5, 5.41) is 11.4. The number of aryl methyl sites for hydroxylation is 2. The van der Waals surface area contributed by atoms with Crippen molar-refractivity contribution in [3.63, 3.8) is 0 Å². The number of nitrogens with two attached hydrogens (primary N) is 1. The van der Waals surface area contributed by atoms with Crippen LogP contribution in [0.4, 0.5) is 0 Å². The third-order valence-corrected chi connectivity index (χ3v) is 3.95. The fourth-order valence-electron chi connectivity index (χ4n) is 1.76. The van der Waals surface area contributed by atoms with E-state index in [2.05, 4.69) is 37.0 Å². The lowest BCUT2D eigenvalue weighted by Gasteiger charge is -2.04. The van der Waals surface area contributed by atoms with Gasteiger partial charge >= 0.3 is 5.97 Å². The molecule has 0 radical (unpaired) electrons. The molecule has 0 fully saturated rings. The molecule has 1 unspecified atom stereocenters. The average molecular weight is 276 g/mol. The van der Waals surface area contributed by atoms with Crippen LogP contribution in [0.3, 0.4) is 0 Å². The van der Waals surface area contributed by atoms with Crippen LogP contribution in [-0.2, 0) is 11.2 Å². The number of aliphatic carboxylic acids is 1. The lowest BCUT2D eigenvalue weighted by atomic mass is 10.0. The molecular weight excluding hydrogens is 260 g/mol. The van der Waals surface area contributed by atoms with Crippen LogP contribution in [0.5, 0.6) is 0 Å². The first-order valence-corrected chi connectivity index (χ1v) is 6.84. The van der Waals surface area contributed by atoms with Crippen molar-refractivity contribution in [3.05, 3.63) is 51.0 Å². The van der Waals surface area contributed by atoms with Gasteiger partial charge in [0.2, 0.25) is 0 Å². The van der Waals surface area contributed by atoms with Crippen molar-refractivity contribution in [2.24, 2.45) is 5.73 Å². The molecule has 1 atom stereocenters. The van der Waals surface area contributed by atoms with E-state index in [1.165, 1.54) is 28.0 Å². The van der Waals surface area contributed by atoms with Gasteiger partial charge in [0.1, 0.15) is 6.04 Å². The van der Waals surface area contributed by atoms with Gasteiger partial charge in [-0.05, 0) is 30.5 Å². The minimum absolute atomic E-state index is 0.427. The Bertz CT molecular complexity index is 607. The number of nitrogens with zero attached hydrogens (tertiary/aromatic N) is 1. The third kappa shape index (κ3) is 3.19. The quantitative estimate of drug-likeness (QED) is 0.899. The first kappa shape index (κ1) is 13.7. The number of carbonyl (C=O) groups is 1. The van der Waals surface area contributed by atoms with E-state index in [4.69, 9.17) is 10.8 Å². The van der Waals surface area contributed by atoms with Crippen molar-refractivity contribution < 1.29 is 9.90 Å². The maximum absolute atomic E-state index is 10.8.